The first-order valence-electron chi connectivity index (χ1n) is 13.8. The van der Waals surface area contributed by atoms with Crippen LogP contribution >= 0.6 is 0 Å². The van der Waals surface area contributed by atoms with Gasteiger partial charge in [-0.15, -0.1) is 0 Å². The third-order valence-electron chi connectivity index (χ3n) is 9.15. The van der Waals surface area contributed by atoms with Gasteiger partial charge in [0.25, 0.3) is 5.69 Å². The molecule has 0 N–H and O–H groups in total. The van der Waals surface area contributed by atoms with E-state index in [0.717, 1.165) is 33.0 Å². The summed E-state index contributed by atoms with van der Waals surface area (Å²) in [6.07, 6.45) is 1.76. The SMILES string of the molecule is O=C1[C@H]2C3c4ccccc4C(C=Nc4cccc([N+](=O)[O-])c4)(c4ccccc43)[C@H]2C(=O)N1c1cccc2ccccc12. The number of benzene rings is 5. The fourth-order valence-corrected chi connectivity index (χ4v) is 7.55. The highest BCUT2D eigenvalue weighted by atomic mass is 16.6. The quantitative estimate of drug-likeness (QED) is 0.108. The molecule has 42 heavy (non-hydrogen) atoms. The molecule has 4 aliphatic rings. The lowest BCUT2D eigenvalue weighted by Crippen LogP contribution is -2.54. The summed E-state index contributed by atoms with van der Waals surface area (Å²) in [5.74, 6) is -2.13. The maximum absolute atomic E-state index is 14.7. The average Bonchev–Trinajstić information content (AvgIpc) is 3.30. The van der Waals surface area contributed by atoms with Gasteiger partial charge in [-0.1, -0.05) is 91.0 Å². The molecule has 2 bridgehead atoms. The normalized spacial score (nSPS) is 23.7. The van der Waals surface area contributed by atoms with E-state index >= 15 is 0 Å². The van der Waals surface area contributed by atoms with Crippen molar-refractivity contribution in [1.29, 1.82) is 0 Å². The molecule has 1 fully saturated rings. The van der Waals surface area contributed by atoms with Crippen LogP contribution in [0.3, 0.4) is 0 Å². The topological polar surface area (TPSA) is 92.9 Å². The Morgan fingerprint density at radius 3 is 2.14 bits per heavy atom. The van der Waals surface area contributed by atoms with Gasteiger partial charge in [0, 0.05) is 29.7 Å². The lowest BCUT2D eigenvalue weighted by atomic mass is 9.47. The van der Waals surface area contributed by atoms with Crippen molar-refractivity contribution in [2.24, 2.45) is 16.8 Å². The summed E-state index contributed by atoms with van der Waals surface area (Å²) in [4.78, 5) is 46.4. The minimum Gasteiger partial charge on any atom is -0.274 e. The molecule has 5 aromatic carbocycles. The number of aliphatic imine (C=N–C) groups is 1. The summed E-state index contributed by atoms with van der Waals surface area (Å²) >= 11 is 0. The maximum atomic E-state index is 14.7. The predicted octanol–water partition coefficient (Wildman–Crippen LogP) is 6.70. The fourth-order valence-electron chi connectivity index (χ4n) is 7.55. The Morgan fingerprint density at radius 1 is 0.762 bits per heavy atom. The van der Waals surface area contributed by atoms with Crippen molar-refractivity contribution >= 4 is 45.9 Å². The van der Waals surface area contributed by atoms with E-state index in [4.69, 9.17) is 4.99 Å². The number of nitro benzene ring substituents is 1. The second kappa shape index (κ2) is 8.78. The van der Waals surface area contributed by atoms with Crippen molar-refractivity contribution in [2.75, 3.05) is 4.90 Å². The zero-order chi connectivity index (χ0) is 28.6. The van der Waals surface area contributed by atoms with E-state index in [2.05, 4.69) is 0 Å². The van der Waals surface area contributed by atoms with Crippen molar-refractivity contribution < 1.29 is 14.5 Å². The summed E-state index contributed by atoms with van der Waals surface area (Å²) in [6, 6.07) is 35.5. The first kappa shape index (κ1) is 24.4. The second-order valence-corrected chi connectivity index (χ2v) is 11.1. The molecule has 0 aromatic heterocycles. The van der Waals surface area contributed by atoms with Crippen LogP contribution in [0.1, 0.15) is 28.2 Å². The van der Waals surface area contributed by atoms with Crippen LogP contribution in [0.5, 0.6) is 0 Å². The first-order chi connectivity index (χ1) is 20.5. The van der Waals surface area contributed by atoms with Crippen molar-refractivity contribution in [3.8, 4) is 0 Å². The molecular formula is C35H23N3O4. The van der Waals surface area contributed by atoms with Crippen molar-refractivity contribution in [3.63, 3.8) is 0 Å². The van der Waals surface area contributed by atoms with E-state index in [1.807, 2.05) is 91.0 Å². The van der Waals surface area contributed by atoms with Gasteiger partial charge in [-0.25, -0.2) is 4.90 Å². The molecule has 5 aromatic rings. The van der Waals surface area contributed by atoms with Crippen LogP contribution in [0.2, 0.25) is 0 Å². The molecule has 7 nitrogen and oxygen atoms in total. The fraction of sp³-hybridized carbons (Fsp3) is 0.114. The number of rotatable bonds is 4. The van der Waals surface area contributed by atoms with Crippen LogP contribution < -0.4 is 4.90 Å². The number of hydrogen-bond donors (Lipinski definition) is 0. The molecule has 2 amide bonds. The van der Waals surface area contributed by atoms with Gasteiger partial charge in [-0.3, -0.25) is 24.7 Å². The molecule has 9 rings (SSSR count). The highest BCUT2D eigenvalue weighted by Crippen LogP contribution is 2.64. The van der Waals surface area contributed by atoms with E-state index in [-0.39, 0.29) is 23.4 Å². The summed E-state index contributed by atoms with van der Waals surface area (Å²) in [6.45, 7) is 0. The lowest BCUT2D eigenvalue weighted by molar-refractivity contribution is -0.384. The van der Waals surface area contributed by atoms with Gasteiger partial charge in [0.2, 0.25) is 11.8 Å². The summed E-state index contributed by atoms with van der Waals surface area (Å²) in [5, 5.41) is 13.3. The molecule has 0 spiro atoms. The van der Waals surface area contributed by atoms with Crippen molar-refractivity contribution in [2.45, 2.75) is 11.3 Å². The molecule has 7 heteroatoms. The van der Waals surface area contributed by atoms with Gasteiger partial charge in [-0.2, -0.15) is 0 Å². The first-order valence-corrected chi connectivity index (χ1v) is 13.8. The minimum atomic E-state index is -1.05. The standard InChI is InChI=1S/C35H23N3O4/c39-33-31-30-25-14-3-5-16-27(25)35(28-17-6-4-15-26(28)30,20-36-22-11-8-12-23(19-22)38(41)42)32(31)34(40)37(33)29-18-7-10-21-9-1-2-13-24(21)29/h1-20,30-32H/t30?,31-,32+,35?/m0/s1. The van der Waals surface area contributed by atoms with E-state index in [1.165, 1.54) is 17.0 Å². The summed E-state index contributed by atoms with van der Waals surface area (Å²) < 4.78 is 0. The third kappa shape index (κ3) is 3.13. The van der Waals surface area contributed by atoms with Gasteiger partial charge in [0.15, 0.2) is 0 Å². The Bertz CT molecular complexity index is 1960. The number of fused-ring (bicyclic) bond motifs is 1. The smallest absolute Gasteiger partial charge is 0.271 e. The average molecular weight is 550 g/mol. The monoisotopic (exact) mass is 549 g/mol. The van der Waals surface area contributed by atoms with Crippen LogP contribution in [-0.2, 0) is 15.0 Å². The molecule has 1 heterocycles. The second-order valence-electron chi connectivity index (χ2n) is 11.1. The van der Waals surface area contributed by atoms with E-state index in [9.17, 15) is 19.7 Å². The van der Waals surface area contributed by atoms with Crippen LogP contribution in [0.4, 0.5) is 17.1 Å². The Kier molecular flexibility index (Phi) is 5.10. The van der Waals surface area contributed by atoms with Crippen LogP contribution in [0.15, 0.2) is 120 Å². The number of carbonyl (C=O) groups excluding carboxylic acids is 2. The van der Waals surface area contributed by atoms with E-state index in [0.29, 0.717) is 11.4 Å². The number of imide groups is 1. The molecule has 2 atom stereocenters. The number of nitrogens with zero attached hydrogens (tertiary/aromatic N) is 3. The Labute approximate surface area is 240 Å². The molecule has 0 radical (unpaired) electrons. The van der Waals surface area contributed by atoms with Gasteiger partial charge in [0.05, 0.1) is 33.5 Å². The molecule has 1 aliphatic heterocycles. The number of hydrogen-bond acceptors (Lipinski definition) is 5. The van der Waals surface area contributed by atoms with Gasteiger partial charge >= 0.3 is 0 Å². The Balaban J connectivity index is 1.39. The maximum Gasteiger partial charge on any atom is 0.271 e. The van der Waals surface area contributed by atoms with Gasteiger partial charge in [-0.05, 0) is 39.8 Å². The Morgan fingerprint density at radius 2 is 1.40 bits per heavy atom. The number of non-ortho nitro benzene ring substituents is 1. The summed E-state index contributed by atoms with van der Waals surface area (Å²) in [7, 11) is 0. The number of anilines is 1. The molecular weight excluding hydrogens is 526 g/mol. The van der Waals surface area contributed by atoms with E-state index < -0.39 is 22.2 Å². The Hall–Kier alpha value is -5.43. The highest BCUT2D eigenvalue weighted by molar-refractivity contribution is 6.27. The zero-order valence-corrected chi connectivity index (χ0v) is 22.3. The molecule has 202 valence electrons. The van der Waals surface area contributed by atoms with Crippen LogP contribution in [-0.4, -0.2) is 23.0 Å². The molecule has 0 unspecified atom stereocenters. The van der Waals surface area contributed by atoms with Crippen molar-refractivity contribution in [3.05, 3.63) is 148 Å². The lowest BCUT2D eigenvalue weighted by Gasteiger charge is -2.52. The molecule has 3 aliphatic carbocycles. The van der Waals surface area contributed by atoms with Crippen LogP contribution in [0, 0.1) is 22.0 Å². The largest absolute Gasteiger partial charge is 0.274 e. The van der Waals surface area contributed by atoms with Crippen LogP contribution in [0.25, 0.3) is 10.8 Å². The number of carbonyl (C=O) groups is 2. The predicted molar refractivity (Wildman–Crippen MR) is 160 cm³/mol. The zero-order valence-electron chi connectivity index (χ0n) is 22.3. The van der Waals surface area contributed by atoms with Gasteiger partial charge < -0.3 is 0 Å². The molecule has 1 saturated heterocycles. The highest BCUT2D eigenvalue weighted by Gasteiger charge is 2.68. The van der Waals surface area contributed by atoms with Crippen molar-refractivity contribution in [1.82, 2.24) is 0 Å². The third-order valence-corrected chi connectivity index (χ3v) is 9.15. The minimum absolute atomic E-state index is 0.0672. The number of nitro groups is 1. The number of amides is 2. The van der Waals surface area contributed by atoms with Gasteiger partial charge in [0.1, 0.15) is 0 Å². The molecule has 0 saturated carbocycles. The van der Waals surface area contributed by atoms with E-state index in [1.54, 1.807) is 18.3 Å². The summed E-state index contributed by atoms with van der Waals surface area (Å²) in [5.41, 5.74) is 3.74.